The molecule has 0 aromatic rings. The highest BCUT2D eigenvalue weighted by Gasteiger charge is 2.24. The lowest BCUT2D eigenvalue weighted by molar-refractivity contribution is -0.151. The first-order valence-electron chi connectivity index (χ1n) is 27.9. The highest BCUT2D eigenvalue weighted by Crippen LogP contribution is 2.18. The number of nitrogens with one attached hydrogen (secondary N) is 1. The van der Waals surface area contributed by atoms with Crippen molar-refractivity contribution < 1.29 is 24.5 Å². The summed E-state index contributed by atoms with van der Waals surface area (Å²) in [6.45, 7) is 6.46. The Morgan fingerprint density at radius 3 is 1.19 bits per heavy atom. The fourth-order valence-electron chi connectivity index (χ4n) is 8.41. The summed E-state index contributed by atoms with van der Waals surface area (Å²) >= 11 is 0. The summed E-state index contributed by atoms with van der Waals surface area (Å²) in [7, 11) is 0. The molecule has 0 aliphatic heterocycles. The number of ether oxygens (including phenoxy) is 1. The molecule has 0 rings (SSSR count). The molecular formula is C58H107NO5. The van der Waals surface area contributed by atoms with Crippen LogP contribution in [0.1, 0.15) is 284 Å². The van der Waals surface area contributed by atoms with E-state index in [1.165, 1.54) is 148 Å². The third-order valence-electron chi connectivity index (χ3n) is 12.7. The Morgan fingerprint density at radius 1 is 0.453 bits per heavy atom. The van der Waals surface area contributed by atoms with Crippen LogP contribution < -0.4 is 5.32 Å². The van der Waals surface area contributed by atoms with Crippen molar-refractivity contribution in [3.63, 3.8) is 0 Å². The number of aliphatic hydroxyl groups excluding tert-OH is 2. The van der Waals surface area contributed by atoms with Crippen molar-refractivity contribution in [2.45, 2.75) is 302 Å². The molecule has 0 fully saturated rings. The third kappa shape index (κ3) is 46.4. The van der Waals surface area contributed by atoms with Crippen molar-refractivity contribution in [1.82, 2.24) is 5.32 Å². The predicted octanol–water partition coefficient (Wildman–Crippen LogP) is 17.0. The summed E-state index contributed by atoms with van der Waals surface area (Å²) in [6, 6.07) is -0.714. The zero-order valence-corrected chi connectivity index (χ0v) is 42.7. The topological polar surface area (TPSA) is 95.9 Å². The molecule has 0 aliphatic rings. The van der Waals surface area contributed by atoms with E-state index in [0.717, 1.165) is 89.9 Å². The summed E-state index contributed by atoms with van der Waals surface area (Å²) in [4.78, 5) is 26.2. The summed E-state index contributed by atoms with van der Waals surface area (Å²) in [6.07, 6.45) is 63.1. The Kier molecular flexibility index (Phi) is 50.0. The molecule has 3 atom stereocenters. The number of carbonyl (C=O) groups is 2. The van der Waals surface area contributed by atoms with Gasteiger partial charge in [0.05, 0.1) is 25.2 Å². The zero-order valence-electron chi connectivity index (χ0n) is 42.7. The summed E-state index contributed by atoms with van der Waals surface area (Å²) in [5.74, 6) is -0.518. The average molecular weight is 898 g/mol. The first kappa shape index (κ1) is 61.8. The maximum Gasteiger partial charge on any atom is 0.306 e. The summed E-state index contributed by atoms with van der Waals surface area (Å²) in [5.41, 5.74) is 0. The second kappa shape index (κ2) is 51.8. The number of hydrogen-bond donors (Lipinski definition) is 3. The molecule has 3 N–H and O–H groups in total. The summed E-state index contributed by atoms with van der Waals surface area (Å²) < 4.78 is 5.93. The quantitative estimate of drug-likeness (QED) is 0.0321. The van der Waals surface area contributed by atoms with E-state index >= 15 is 0 Å². The zero-order chi connectivity index (χ0) is 46.7. The average Bonchev–Trinajstić information content (AvgIpc) is 3.29. The Labute approximate surface area is 397 Å². The molecule has 6 nitrogen and oxygen atoms in total. The van der Waals surface area contributed by atoms with Crippen LogP contribution in [0.15, 0.2) is 48.6 Å². The molecule has 1 amide bonds. The first-order valence-corrected chi connectivity index (χ1v) is 27.9. The molecule has 0 bridgehead atoms. The van der Waals surface area contributed by atoms with Crippen LogP contribution in [0, 0.1) is 0 Å². The van der Waals surface area contributed by atoms with Crippen LogP contribution in [0.25, 0.3) is 0 Å². The van der Waals surface area contributed by atoms with E-state index in [0.29, 0.717) is 19.3 Å². The van der Waals surface area contributed by atoms with E-state index in [4.69, 9.17) is 4.74 Å². The van der Waals surface area contributed by atoms with Gasteiger partial charge in [0.15, 0.2) is 0 Å². The maximum atomic E-state index is 13.2. The third-order valence-corrected chi connectivity index (χ3v) is 12.7. The molecule has 0 saturated heterocycles. The first-order chi connectivity index (χ1) is 31.5. The van der Waals surface area contributed by atoms with Crippen LogP contribution in [0.3, 0.4) is 0 Å². The number of aliphatic hydroxyl groups is 2. The van der Waals surface area contributed by atoms with Gasteiger partial charge in [0, 0.05) is 6.42 Å². The molecule has 0 aromatic heterocycles. The fraction of sp³-hybridized carbons (Fsp3) is 0.828. The minimum atomic E-state index is -0.798. The van der Waals surface area contributed by atoms with Gasteiger partial charge in [0.1, 0.15) is 6.10 Å². The highest BCUT2D eigenvalue weighted by atomic mass is 16.5. The van der Waals surface area contributed by atoms with Gasteiger partial charge in [0.2, 0.25) is 5.91 Å². The highest BCUT2D eigenvalue weighted by molar-refractivity contribution is 5.77. The molecule has 64 heavy (non-hydrogen) atoms. The maximum absolute atomic E-state index is 13.2. The molecule has 3 unspecified atom stereocenters. The Bertz CT molecular complexity index is 1100. The van der Waals surface area contributed by atoms with Gasteiger partial charge >= 0.3 is 5.97 Å². The van der Waals surface area contributed by atoms with E-state index in [2.05, 4.69) is 74.7 Å². The van der Waals surface area contributed by atoms with Gasteiger partial charge in [0.25, 0.3) is 0 Å². The fourth-order valence-corrected chi connectivity index (χ4v) is 8.41. The standard InChI is InChI=1S/C58H107NO5/c1-4-7-10-13-16-19-22-25-27-29-32-35-38-41-44-47-50-56(61)55(53-60)59-57(62)52-54(49-46-43-40-37-34-31-24-21-18-15-12-9-6-3)64-58(63)51-48-45-42-39-36-33-30-28-26-23-20-17-14-11-8-5-2/h18,21,24,28,30-31,33,36,54-56,60-61H,4-17,19-20,22-23,25-27,29,32,34-35,37-53H2,1-3H3,(H,59,62)/b21-18+,30-28+,31-24+,36-33+. The SMILES string of the molecule is CCCCC/C=C/C=C/CCCCCCC(CC(=O)NC(CO)C(O)CCCCCCCCCCCCCCCCCC)OC(=O)CCCCC/C=C/C=C/CCCCCCCCC. The Morgan fingerprint density at radius 2 is 0.781 bits per heavy atom. The second-order valence-electron chi connectivity index (χ2n) is 19.0. The van der Waals surface area contributed by atoms with E-state index < -0.39 is 18.2 Å². The van der Waals surface area contributed by atoms with Gasteiger partial charge in [-0.05, 0) is 77.0 Å². The van der Waals surface area contributed by atoms with Gasteiger partial charge in [-0.15, -0.1) is 0 Å². The molecule has 0 spiro atoms. The number of esters is 1. The predicted molar refractivity (Wildman–Crippen MR) is 278 cm³/mol. The van der Waals surface area contributed by atoms with Gasteiger partial charge < -0.3 is 20.3 Å². The van der Waals surface area contributed by atoms with Crippen LogP contribution in [0.5, 0.6) is 0 Å². The van der Waals surface area contributed by atoms with Crippen LogP contribution in [-0.2, 0) is 14.3 Å². The monoisotopic (exact) mass is 898 g/mol. The van der Waals surface area contributed by atoms with E-state index in [1.54, 1.807) is 0 Å². The molecule has 374 valence electrons. The van der Waals surface area contributed by atoms with Gasteiger partial charge in [-0.2, -0.15) is 0 Å². The lowest BCUT2D eigenvalue weighted by Gasteiger charge is -2.24. The molecule has 6 heteroatoms. The van der Waals surface area contributed by atoms with Crippen LogP contribution in [-0.4, -0.2) is 46.9 Å². The molecule has 0 aromatic carbocycles. The van der Waals surface area contributed by atoms with Crippen molar-refractivity contribution in [3.8, 4) is 0 Å². The van der Waals surface area contributed by atoms with Crippen LogP contribution in [0.2, 0.25) is 0 Å². The van der Waals surface area contributed by atoms with Gasteiger partial charge in [-0.1, -0.05) is 243 Å². The van der Waals surface area contributed by atoms with E-state index in [-0.39, 0.29) is 24.9 Å². The van der Waals surface area contributed by atoms with E-state index in [1.807, 2.05) is 0 Å². The number of rotatable bonds is 50. The van der Waals surface area contributed by atoms with Crippen molar-refractivity contribution >= 4 is 11.9 Å². The van der Waals surface area contributed by atoms with Crippen molar-refractivity contribution in [2.75, 3.05) is 6.61 Å². The number of allylic oxidation sites excluding steroid dienone is 8. The molecule has 0 aliphatic carbocycles. The van der Waals surface area contributed by atoms with Crippen molar-refractivity contribution in [2.24, 2.45) is 0 Å². The van der Waals surface area contributed by atoms with Crippen LogP contribution >= 0.6 is 0 Å². The number of amides is 1. The normalized spacial score (nSPS) is 13.5. The largest absolute Gasteiger partial charge is 0.462 e. The Balaban J connectivity index is 4.58. The smallest absolute Gasteiger partial charge is 0.306 e. The lowest BCUT2D eigenvalue weighted by atomic mass is 10.0. The number of hydrogen-bond acceptors (Lipinski definition) is 5. The van der Waals surface area contributed by atoms with E-state index in [9.17, 15) is 19.8 Å². The lowest BCUT2D eigenvalue weighted by Crippen LogP contribution is -2.46. The Hall–Kier alpha value is -2.18. The minimum Gasteiger partial charge on any atom is -0.462 e. The van der Waals surface area contributed by atoms with Crippen molar-refractivity contribution in [3.05, 3.63) is 48.6 Å². The molecule has 0 radical (unpaired) electrons. The van der Waals surface area contributed by atoms with Crippen molar-refractivity contribution in [1.29, 1.82) is 0 Å². The molecule has 0 heterocycles. The van der Waals surface area contributed by atoms with Crippen LogP contribution in [0.4, 0.5) is 0 Å². The molecular weight excluding hydrogens is 791 g/mol. The minimum absolute atomic E-state index is 0.0542. The number of unbranched alkanes of at least 4 members (excludes halogenated alkanes) is 32. The van der Waals surface area contributed by atoms with Gasteiger partial charge in [-0.25, -0.2) is 0 Å². The number of carbonyl (C=O) groups excluding carboxylic acids is 2. The summed E-state index contributed by atoms with van der Waals surface area (Å²) in [5, 5.41) is 23.8. The van der Waals surface area contributed by atoms with Gasteiger partial charge in [-0.3, -0.25) is 9.59 Å². The molecule has 0 saturated carbocycles. The second-order valence-corrected chi connectivity index (χ2v) is 19.0.